The number of nitrogens with one attached hydrogen (secondary N) is 1. The maximum atomic E-state index is 12.4. The Bertz CT molecular complexity index is 1560. The summed E-state index contributed by atoms with van der Waals surface area (Å²) in [5.41, 5.74) is 4.75. The second kappa shape index (κ2) is 9.18. The number of aldehydes is 1. The lowest BCUT2D eigenvalue weighted by Gasteiger charge is -2.04. The van der Waals surface area contributed by atoms with E-state index in [0.29, 0.717) is 33.8 Å². The highest BCUT2D eigenvalue weighted by atomic mass is 16.1. The van der Waals surface area contributed by atoms with Crippen molar-refractivity contribution in [2.45, 2.75) is 0 Å². The van der Waals surface area contributed by atoms with Crippen LogP contribution in [0.1, 0.15) is 32.0 Å². The topological polar surface area (TPSA) is 89.2 Å². The average Bonchev–Trinajstić information content (AvgIpc) is 3.30. The second-order valence-electron chi connectivity index (χ2n) is 7.37. The minimum Gasteiger partial charge on any atom is -0.307 e. The number of hydrogen-bond acceptors (Lipinski definition) is 5. The van der Waals surface area contributed by atoms with Crippen molar-refractivity contribution in [1.82, 2.24) is 19.6 Å². The van der Waals surface area contributed by atoms with Crippen molar-refractivity contribution in [3.8, 4) is 23.1 Å². The van der Waals surface area contributed by atoms with Crippen LogP contribution in [0.2, 0.25) is 0 Å². The van der Waals surface area contributed by atoms with Crippen LogP contribution >= 0.6 is 0 Å². The molecule has 5 aromatic rings. The Morgan fingerprint density at radius 1 is 0.912 bits per heavy atom. The van der Waals surface area contributed by atoms with Crippen LogP contribution in [0, 0.1) is 11.8 Å². The molecule has 1 amide bonds. The van der Waals surface area contributed by atoms with Crippen molar-refractivity contribution < 1.29 is 9.59 Å². The van der Waals surface area contributed by atoms with Crippen molar-refractivity contribution in [1.29, 1.82) is 0 Å². The fourth-order valence-electron chi connectivity index (χ4n) is 3.34. The maximum Gasteiger partial charge on any atom is 0.256 e. The van der Waals surface area contributed by atoms with Crippen LogP contribution < -0.4 is 5.32 Å². The Hall–Kier alpha value is -5.09. The van der Waals surface area contributed by atoms with Gasteiger partial charge in [0, 0.05) is 28.5 Å². The van der Waals surface area contributed by atoms with Gasteiger partial charge in [-0.05, 0) is 42.3 Å². The molecule has 0 saturated carbocycles. The maximum absolute atomic E-state index is 12.4. The van der Waals surface area contributed by atoms with Crippen LogP contribution in [0.5, 0.6) is 0 Å². The van der Waals surface area contributed by atoms with Gasteiger partial charge in [-0.2, -0.15) is 5.10 Å². The molecule has 162 valence electrons. The molecular formula is C27H17N5O2. The normalized spacial score (nSPS) is 10.4. The smallest absolute Gasteiger partial charge is 0.256 e. The van der Waals surface area contributed by atoms with E-state index in [2.05, 4.69) is 32.2 Å². The van der Waals surface area contributed by atoms with Gasteiger partial charge in [0.05, 0.1) is 11.9 Å². The molecule has 0 aliphatic heterocycles. The van der Waals surface area contributed by atoms with Crippen LogP contribution in [-0.4, -0.2) is 31.8 Å². The Morgan fingerprint density at radius 3 is 2.53 bits per heavy atom. The van der Waals surface area contributed by atoms with Crippen LogP contribution in [0.3, 0.4) is 0 Å². The van der Waals surface area contributed by atoms with Gasteiger partial charge in [0.25, 0.3) is 5.91 Å². The Balaban J connectivity index is 1.40. The van der Waals surface area contributed by atoms with Gasteiger partial charge < -0.3 is 5.32 Å². The molecule has 1 N–H and O–H groups in total. The lowest BCUT2D eigenvalue weighted by Crippen LogP contribution is -2.12. The van der Waals surface area contributed by atoms with Crippen molar-refractivity contribution in [3.63, 3.8) is 0 Å². The summed E-state index contributed by atoms with van der Waals surface area (Å²) in [5.74, 6) is 6.36. The van der Waals surface area contributed by atoms with Gasteiger partial charge in [0.2, 0.25) is 0 Å². The Labute approximate surface area is 195 Å². The van der Waals surface area contributed by atoms with Crippen LogP contribution in [-0.2, 0) is 0 Å². The molecule has 0 radical (unpaired) electrons. The monoisotopic (exact) mass is 443 g/mol. The van der Waals surface area contributed by atoms with Gasteiger partial charge in [-0.3, -0.25) is 9.59 Å². The third-order valence-electron chi connectivity index (χ3n) is 5.08. The van der Waals surface area contributed by atoms with Gasteiger partial charge in [0.1, 0.15) is 17.8 Å². The number of benzene rings is 2. The van der Waals surface area contributed by atoms with Crippen molar-refractivity contribution in [2.75, 3.05) is 5.32 Å². The number of nitrogens with zero attached hydrogens (tertiary/aromatic N) is 4. The zero-order valence-electron chi connectivity index (χ0n) is 17.8. The van der Waals surface area contributed by atoms with E-state index in [1.54, 1.807) is 65.4 Å². The molecule has 0 atom stereocenters. The number of rotatable bonds is 4. The first-order valence-electron chi connectivity index (χ1n) is 10.4. The zero-order valence-corrected chi connectivity index (χ0v) is 17.8. The molecular weight excluding hydrogens is 426 g/mol. The quantitative estimate of drug-likeness (QED) is 0.331. The van der Waals surface area contributed by atoms with E-state index in [-0.39, 0.29) is 5.91 Å². The third-order valence-corrected chi connectivity index (χ3v) is 5.08. The number of carbonyl (C=O) groups excluding carboxylic acids is 2. The van der Waals surface area contributed by atoms with Crippen LogP contribution in [0.4, 0.5) is 5.82 Å². The number of fused-ring (bicyclic) bond motifs is 1. The summed E-state index contributed by atoms with van der Waals surface area (Å²) in [5, 5.41) is 7.44. The van der Waals surface area contributed by atoms with E-state index in [9.17, 15) is 9.59 Å². The molecule has 3 aromatic heterocycles. The van der Waals surface area contributed by atoms with Crippen molar-refractivity contribution in [3.05, 3.63) is 114 Å². The standard InChI is InChI=1S/C27H17N5O2/c33-18-20-6-9-21(10-7-20)24-12-13-26-29-17-23(32(26)31-24)11-8-19-14-15-28-25(16-19)30-27(34)22-4-2-1-3-5-22/h1-7,9-10,12-18H,(H,28,30,34). The number of pyridine rings is 1. The Morgan fingerprint density at radius 2 is 1.74 bits per heavy atom. The average molecular weight is 443 g/mol. The first kappa shape index (κ1) is 20.8. The van der Waals surface area contributed by atoms with Gasteiger partial charge in [-0.25, -0.2) is 14.5 Å². The van der Waals surface area contributed by atoms with E-state index in [0.717, 1.165) is 17.5 Å². The molecule has 0 aliphatic rings. The second-order valence-corrected chi connectivity index (χ2v) is 7.37. The zero-order chi connectivity index (χ0) is 23.3. The molecule has 0 fully saturated rings. The predicted octanol–water partition coefficient (Wildman–Crippen LogP) is 4.26. The number of carbonyl (C=O) groups is 2. The summed E-state index contributed by atoms with van der Waals surface area (Å²) in [6.07, 6.45) is 4.06. The molecule has 0 saturated heterocycles. The summed E-state index contributed by atoms with van der Waals surface area (Å²) in [6.45, 7) is 0. The van der Waals surface area contributed by atoms with E-state index in [1.807, 2.05) is 30.3 Å². The molecule has 0 aliphatic carbocycles. The SMILES string of the molecule is O=Cc1ccc(-c2ccc3ncc(C#Cc4ccnc(NC(=O)c5ccccc5)c4)n3n2)cc1. The van der Waals surface area contributed by atoms with Crippen molar-refractivity contribution in [2.24, 2.45) is 0 Å². The predicted molar refractivity (Wildman–Crippen MR) is 128 cm³/mol. The lowest BCUT2D eigenvalue weighted by molar-refractivity contribution is 0.102. The summed E-state index contributed by atoms with van der Waals surface area (Å²) >= 11 is 0. The molecule has 3 heterocycles. The first-order chi connectivity index (χ1) is 16.7. The molecule has 0 bridgehead atoms. The summed E-state index contributed by atoms with van der Waals surface area (Å²) < 4.78 is 1.68. The number of anilines is 1. The highest BCUT2D eigenvalue weighted by molar-refractivity contribution is 6.03. The highest BCUT2D eigenvalue weighted by Gasteiger charge is 2.07. The molecule has 7 nitrogen and oxygen atoms in total. The minimum absolute atomic E-state index is 0.238. The number of aromatic nitrogens is 4. The molecule has 34 heavy (non-hydrogen) atoms. The number of hydrogen-bond donors (Lipinski definition) is 1. The largest absolute Gasteiger partial charge is 0.307 e. The summed E-state index contributed by atoms with van der Waals surface area (Å²) in [6, 6.07) is 23.4. The summed E-state index contributed by atoms with van der Waals surface area (Å²) in [4.78, 5) is 31.8. The van der Waals surface area contributed by atoms with Crippen LogP contribution in [0.15, 0.2) is 91.3 Å². The fourth-order valence-corrected chi connectivity index (χ4v) is 3.34. The van der Waals surface area contributed by atoms with Gasteiger partial charge >= 0.3 is 0 Å². The minimum atomic E-state index is -0.238. The number of amides is 1. The van der Waals surface area contributed by atoms with E-state index in [1.165, 1.54) is 0 Å². The van der Waals surface area contributed by atoms with Crippen molar-refractivity contribution >= 4 is 23.7 Å². The van der Waals surface area contributed by atoms with E-state index < -0.39 is 0 Å². The van der Waals surface area contributed by atoms with Gasteiger partial charge in [-0.1, -0.05) is 48.4 Å². The molecule has 7 heteroatoms. The molecule has 5 rings (SSSR count). The highest BCUT2D eigenvalue weighted by Crippen LogP contribution is 2.18. The number of imidazole rings is 1. The van der Waals surface area contributed by atoms with Gasteiger partial charge in [-0.15, -0.1) is 0 Å². The first-order valence-corrected chi connectivity index (χ1v) is 10.4. The Kier molecular flexibility index (Phi) is 5.62. The summed E-state index contributed by atoms with van der Waals surface area (Å²) in [7, 11) is 0. The molecule has 0 spiro atoms. The van der Waals surface area contributed by atoms with E-state index >= 15 is 0 Å². The van der Waals surface area contributed by atoms with Gasteiger partial charge in [0.15, 0.2) is 5.65 Å². The molecule has 0 unspecified atom stereocenters. The third kappa shape index (κ3) is 4.42. The van der Waals surface area contributed by atoms with Crippen LogP contribution in [0.25, 0.3) is 16.9 Å². The van der Waals surface area contributed by atoms with E-state index in [4.69, 9.17) is 0 Å². The lowest BCUT2D eigenvalue weighted by atomic mass is 10.1. The molecule has 2 aromatic carbocycles. The fraction of sp³-hybridized carbons (Fsp3) is 0.